The van der Waals surface area contributed by atoms with Crippen LogP contribution in [0.1, 0.15) is 29.7 Å². The average molecular weight is 348 g/mol. The zero-order valence-electron chi connectivity index (χ0n) is 14.3. The Hall–Kier alpha value is -2.63. The van der Waals surface area contributed by atoms with Gasteiger partial charge in [-0.2, -0.15) is 0 Å². The minimum Gasteiger partial charge on any atom is -0.488 e. The molecule has 0 aliphatic carbocycles. The lowest BCUT2D eigenvalue weighted by atomic mass is 10.0. The van der Waals surface area contributed by atoms with E-state index in [-0.39, 0.29) is 18.6 Å². The van der Waals surface area contributed by atoms with Gasteiger partial charge in [-0.05, 0) is 42.7 Å². The van der Waals surface area contributed by atoms with Crippen LogP contribution in [-0.4, -0.2) is 19.1 Å². The Morgan fingerprint density at radius 1 is 1.16 bits per heavy atom. The van der Waals surface area contributed by atoms with Gasteiger partial charge in [-0.15, -0.1) is 0 Å². The maximum atomic E-state index is 12.2. The molecule has 0 saturated heterocycles. The molecule has 0 aromatic heterocycles. The summed E-state index contributed by atoms with van der Waals surface area (Å²) < 4.78 is 29.3. The number of alkyl halides is 2. The van der Waals surface area contributed by atoms with Crippen molar-refractivity contribution in [3.63, 3.8) is 0 Å². The number of urea groups is 1. The van der Waals surface area contributed by atoms with Crippen molar-refractivity contribution in [2.75, 3.05) is 6.61 Å². The first-order valence-electron chi connectivity index (χ1n) is 8.05. The third kappa shape index (κ3) is 6.06. The predicted octanol–water partition coefficient (Wildman–Crippen LogP) is 4.20. The topological polar surface area (TPSA) is 50.4 Å². The van der Waals surface area contributed by atoms with Crippen molar-refractivity contribution in [3.8, 4) is 5.75 Å². The summed E-state index contributed by atoms with van der Waals surface area (Å²) in [4.78, 5) is 12.1. The summed E-state index contributed by atoms with van der Waals surface area (Å²) >= 11 is 0. The maximum Gasteiger partial charge on any atom is 0.315 e. The van der Waals surface area contributed by atoms with Gasteiger partial charge in [-0.1, -0.05) is 36.4 Å². The van der Waals surface area contributed by atoms with Crippen LogP contribution >= 0.6 is 0 Å². The molecule has 2 aromatic carbocycles. The molecular weight excluding hydrogens is 326 g/mol. The van der Waals surface area contributed by atoms with Crippen LogP contribution in [0.5, 0.6) is 5.75 Å². The lowest BCUT2D eigenvalue weighted by Gasteiger charge is -2.17. The number of hydrogen-bond acceptors (Lipinski definition) is 2. The molecule has 0 heterocycles. The number of halogens is 2. The Labute approximate surface area is 146 Å². The fourth-order valence-corrected chi connectivity index (χ4v) is 2.48. The average Bonchev–Trinajstić information content (AvgIpc) is 2.59. The first kappa shape index (κ1) is 18.7. The molecule has 0 aliphatic heterocycles. The van der Waals surface area contributed by atoms with E-state index in [4.69, 9.17) is 4.74 Å². The number of amides is 2. The van der Waals surface area contributed by atoms with Crippen molar-refractivity contribution < 1.29 is 18.3 Å². The first-order chi connectivity index (χ1) is 12.0. The molecule has 1 atom stereocenters. The number of aryl methyl sites for hydroxylation is 1. The second kappa shape index (κ2) is 9.01. The largest absolute Gasteiger partial charge is 0.488 e. The molecule has 0 spiro atoms. The monoisotopic (exact) mass is 348 g/mol. The van der Waals surface area contributed by atoms with Crippen LogP contribution in [0.15, 0.2) is 48.5 Å². The van der Waals surface area contributed by atoms with Gasteiger partial charge in [-0.3, -0.25) is 0 Å². The van der Waals surface area contributed by atoms with E-state index in [1.54, 1.807) is 24.3 Å². The Morgan fingerprint density at radius 3 is 2.64 bits per heavy atom. The van der Waals surface area contributed by atoms with E-state index in [0.717, 1.165) is 16.7 Å². The molecule has 2 aromatic rings. The summed E-state index contributed by atoms with van der Waals surface area (Å²) in [7, 11) is 0. The van der Waals surface area contributed by atoms with Gasteiger partial charge in [0, 0.05) is 6.54 Å². The van der Waals surface area contributed by atoms with Gasteiger partial charge in [0.1, 0.15) is 12.4 Å². The highest BCUT2D eigenvalue weighted by Crippen LogP contribution is 2.17. The minimum absolute atomic E-state index is 0.123. The molecule has 0 saturated carbocycles. The number of rotatable bonds is 7. The third-order valence-electron chi connectivity index (χ3n) is 3.73. The van der Waals surface area contributed by atoms with E-state index in [1.807, 2.05) is 38.1 Å². The summed E-state index contributed by atoms with van der Waals surface area (Å²) in [5, 5.41) is 5.64. The van der Waals surface area contributed by atoms with Crippen LogP contribution < -0.4 is 15.4 Å². The minimum atomic E-state index is -2.52. The van der Waals surface area contributed by atoms with Crippen LogP contribution in [0.2, 0.25) is 0 Å². The SMILES string of the molecule is Cc1ccccc1C(C)NC(=O)NCc1cccc(OCC(F)F)c1. The fraction of sp³-hybridized carbons (Fsp3) is 0.316. The molecule has 2 N–H and O–H groups in total. The highest BCUT2D eigenvalue weighted by Gasteiger charge is 2.11. The number of ether oxygens (including phenoxy) is 1. The number of carbonyl (C=O) groups is 1. The predicted molar refractivity (Wildman–Crippen MR) is 92.9 cm³/mol. The quantitative estimate of drug-likeness (QED) is 0.788. The molecule has 6 heteroatoms. The zero-order chi connectivity index (χ0) is 18.2. The van der Waals surface area contributed by atoms with Crippen molar-refractivity contribution in [1.29, 1.82) is 0 Å². The normalized spacial score (nSPS) is 11.9. The Kier molecular flexibility index (Phi) is 6.74. The van der Waals surface area contributed by atoms with Crippen LogP contribution in [0.25, 0.3) is 0 Å². The Bertz CT molecular complexity index is 707. The summed E-state index contributed by atoms with van der Waals surface area (Å²) in [5.41, 5.74) is 2.93. The van der Waals surface area contributed by atoms with E-state index >= 15 is 0 Å². The summed E-state index contributed by atoms with van der Waals surface area (Å²) in [6.07, 6.45) is -2.52. The molecule has 0 fully saturated rings. The summed E-state index contributed by atoms with van der Waals surface area (Å²) in [6, 6.07) is 14.2. The van der Waals surface area contributed by atoms with Crippen molar-refractivity contribution >= 4 is 6.03 Å². The lowest BCUT2D eigenvalue weighted by molar-refractivity contribution is 0.0818. The highest BCUT2D eigenvalue weighted by molar-refractivity contribution is 5.74. The van der Waals surface area contributed by atoms with E-state index in [1.165, 1.54) is 0 Å². The van der Waals surface area contributed by atoms with Crippen LogP contribution in [0.4, 0.5) is 13.6 Å². The highest BCUT2D eigenvalue weighted by atomic mass is 19.3. The number of hydrogen-bond donors (Lipinski definition) is 2. The molecule has 134 valence electrons. The molecule has 2 rings (SSSR count). The molecule has 25 heavy (non-hydrogen) atoms. The van der Waals surface area contributed by atoms with Crippen molar-refractivity contribution in [1.82, 2.24) is 10.6 Å². The molecule has 4 nitrogen and oxygen atoms in total. The first-order valence-corrected chi connectivity index (χ1v) is 8.05. The van der Waals surface area contributed by atoms with Crippen LogP contribution in [0, 0.1) is 6.92 Å². The van der Waals surface area contributed by atoms with Gasteiger partial charge >= 0.3 is 6.03 Å². The van der Waals surface area contributed by atoms with Gasteiger partial charge in [0.25, 0.3) is 6.43 Å². The van der Waals surface area contributed by atoms with Gasteiger partial charge in [0.2, 0.25) is 0 Å². The van der Waals surface area contributed by atoms with E-state index < -0.39 is 13.0 Å². The Balaban J connectivity index is 1.85. The van der Waals surface area contributed by atoms with E-state index in [2.05, 4.69) is 10.6 Å². The number of carbonyl (C=O) groups excluding carboxylic acids is 1. The van der Waals surface area contributed by atoms with Crippen LogP contribution in [-0.2, 0) is 6.54 Å². The maximum absolute atomic E-state index is 12.2. The molecular formula is C19H22F2N2O2. The lowest BCUT2D eigenvalue weighted by Crippen LogP contribution is -2.36. The summed E-state index contributed by atoms with van der Waals surface area (Å²) in [5.74, 6) is 0.355. The second-order valence-electron chi connectivity index (χ2n) is 5.75. The van der Waals surface area contributed by atoms with Crippen molar-refractivity contribution in [3.05, 3.63) is 65.2 Å². The van der Waals surface area contributed by atoms with Gasteiger partial charge < -0.3 is 15.4 Å². The third-order valence-corrected chi connectivity index (χ3v) is 3.73. The van der Waals surface area contributed by atoms with E-state index in [0.29, 0.717) is 5.75 Å². The second-order valence-corrected chi connectivity index (χ2v) is 5.75. The number of nitrogens with one attached hydrogen (secondary N) is 2. The van der Waals surface area contributed by atoms with Gasteiger partial charge in [-0.25, -0.2) is 13.6 Å². The van der Waals surface area contributed by atoms with E-state index in [9.17, 15) is 13.6 Å². The number of benzene rings is 2. The van der Waals surface area contributed by atoms with Crippen molar-refractivity contribution in [2.45, 2.75) is 32.9 Å². The Morgan fingerprint density at radius 2 is 1.92 bits per heavy atom. The van der Waals surface area contributed by atoms with Crippen LogP contribution in [0.3, 0.4) is 0 Å². The van der Waals surface area contributed by atoms with Gasteiger partial charge in [0.05, 0.1) is 6.04 Å². The fourth-order valence-electron chi connectivity index (χ4n) is 2.48. The molecule has 2 amide bonds. The molecule has 0 aliphatic rings. The standard InChI is InChI=1S/C19H22F2N2O2/c1-13-6-3-4-9-17(13)14(2)23-19(24)22-11-15-7-5-8-16(10-15)25-12-18(20)21/h3-10,14,18H,11-12H2,1-2H3,(H2,22,23,24). The summed E-state index contributed by atoms with van der Waals surface area (Å²) in [6.45, 7) is 3.54. The molecule has 1 unspecified atom stereocenters. The zero-order valence-corrected chi connectivity index (χ0v) is 14.3. The van der Waals surface area contributed by atoms with Crippen molar-refractivity contribution in [2.24, 2.45) is 0 Å². The van der Waals surface area contributed by atoms with Gasteiger partial charge in [0.15, 0.2) is 0 Å². The molecule has 0 radical (unpaired) electrons. The molecule has 0 bridgehead atoms. The smallest absolute Gasteiger partial charge is 0.315 e.